The Morgan fingerprint density at radius 1 is 1.20 bits per heavy atom. The van der Waals surface area contributed by atoms with E-state index in [-0.39, 0.29) is 0 Å². The Morgan fingerprint density at radius 2 is 1.90 bits per heavy atom. The highest BCUT2D eigenvalue weighted by atomic mass is 16.3. The van der Waals surface area contributed by atoms with Crippen LogP contribution >= 0.6 is 0 Å². The third kappa shape index (κ3) is 3.01. The van der Waals surface area contributed by atoms with Gasteiger partial charge >= 0.3 is 0 Å². The molecule has 110 valence electrons. The number of hydrogen-bond donors (Lipinski definition) is 1. The summed E-state index contributed by atoms with van der Waals surface area (Å²) in [5.41, 5.74) is 2.29. The molecule has 2 nitrogen and oxygen atoms in total. The molecule has 1 saturated carbocycles. The van der Waals surface area contributed by atoms with Crippen molar-refractivity contribution in [3.63, 3.8) is 0 Å². The number of anilines is 1. The van der Waals surface area contributed by atoms with Crippen LogP contribution in [0, 0.1) is 5.92 Å². The highest BCUT2D eigenvalue weighted by Crippen LogP contribution is 2.37. The van der Waals surface area contributed by atoms with Crippen molar-refractivity contribution in [1.82, 2.24) is 0 Å². The first-order valence-electron chi connectivity index (χ1n) is 8.10. The molecular formula is C18H27NO. The molecule has 1 aromatic rings. The first-order valence-corrected chi connectivity index (χ1v) is 8.10. The molecule has 3 rings (SSSR count). The van der Waals surface area contributed by atoms with Crippen molar-refractivity contribution in [3.8, 4) is 0 Å². The molecule has 2 heteroatoms. The molecule has 0 bridgehead atoms. The van der Waals surface area contributed by atoms with Crippen molar-refractivity contribution in [1.29, 1.82) is 0 Å². The number of rotatable bonds is 4. The lowest BCUT2D eigenvalue weighted by Gasteiger charge is -2.33. The van der Waals surface area contributed by atoms with E-state index in [0.717, 1.165) is 18.8 Å². The van der Waals surface area contributed by atoms with Crippen LogP contribution in [0.25, 0.3) is 0 Å². The Bertz CT molecular complexity index is 457. The summed E-state index contributed by atoms with van der Waals surface area (Å²) in [4.78, 5) is 2.59. The average molecular weight is 273 g/mol. The summed E-state index contributed by atoms with van der Waals surface area (Å²) in [6.45, 7) is 5.05. The van der Waals surface area contributed by atoms with Crippen LogP contribution in [0.5, 0.6) is 0 Å². The predicted octanol–water partition coefficient (Wildman–Crippen LogP) is 3.77. The molecule has 1 atom stereocenters. The van der Waals surface area contributed by atoms with Crippen molar-refractivity contribution in [2.24, 2.45) is 5.92 Å². The monoisotopic (exact) mass is 273 g/mol. The van der Waals surface area contributed by atoms with E-state index in [9.17, 15) is 5.11 Å². The molecular weight excluding hydrogens is 246 g/mol. The minimum Gasteiger partial charge on any atom is -0.390 e. The zero-order valence-electron chi connectivity index (χ0n) is 12.8. The van der Waals surface area contributed by atoms with Crippen LogP contribution < -0.4 is 4.90 Å². The van der Waals surface area contributed by atoms with Gasteiger partial charge in [-0.3, -0.25) is 0 Å². The van der Waals surface area contributed by atoms with Gasteiger partial charge in [0.15, 0.2) is 0 Å². The normalized spacial score (nSPS) is 23.4. The van der Waals surface area contributed by atoms with E-state index in [1.54, 1.807) is 0 Å². The van der Waals surface area contributed by atoms with Gasteiger partial charge in [-0.25, -0.2) is 0 Å². The lowest BCUT2D eigenvalue weighted by molar-refractivity contribution is 0.0631. The largest absolute Gasteiger partial charge is 0.390 e. The zero-order valence-corrected chi connectivity index (χ0v) is 12.8. The van der Waals surface area contributed by atoms with E-state index in [2.05, 4.69) is 29.2 Å². The smallest absolute Gasteiger partial charge is 0.0611 e. The topological polar surface area (TPSA) is 23.5 Å². The van der Waals surface area contributed by atoms with Gasteiger partial charge in [0.05, 0.1) is 5.60 Å². The summed E-state index contributed by atoms with van der Waals surface area (Å²) in [5.74, 6) is 0.852. The maximum atomic E-state index is 10.2. The number of fused-ring (bicyclic) bond motifs is 1. The molecule has 0 radical (unpaired) electrons. The maximum absolute atomic E-state index is 10.2. The minimum absolute atomic E-state index is 0.466. The fourth-order valence-corrected chi connectivity index (χ4v) is 4.00. The van der Waals surface area contributed by atoms with Gasteiger partial charge in [-0.15, -0.1) is 0 Å². The molecule has 1 N–H and O–H groups in total. The molecule has 1 heterocycles. The summed E-state index contributed by atoms with van der Waals surface area (Å²) < 4.78 is 0. The third-order valence-corrected chi connectivity index (χ3v) is 4.86. The second kappa shape index (κ2) is 5.40. The predicted molar refractivity (Wildman–Crippen MR) is 84.2 cm³/mol. The van der Waals surface area contributed by atoms with E-state index < -0.39 is 5.60 Å². The molecule has 0 aromatic heterocycles. The summed E-state index contributed by atoms with van der Waals surface area (Å²) >= 11 is 0. The van der Waals surface area contributed by atoms with E-state index >= 15 is 0 Å². The Labute approximate surface area is 122 Å². The molecule has 1 aliphatic carbocycles. The lowest BCUT2D eigenvalue weighted by Crippen LogP contribution is -2.40. The molecule has 1 unspecified atom stereocenters. The number of hydrogen-bond acceptors (Lipinski definition) is 2. The van der Waals surface area contributed by atoms with Gasteiger partial charge in [0.1, 0.15) is 0 Å². The van der Waals surface area contributed by atoms with Crippen LogP contribution in [0.1, 0.15) is 51.5 Å². The highest BCUT2D eigenvalue weighted by molar-refractivity contribution is 5.59. The van der Waals surface area contributed by atoms with Crippen LogP contribution in [0.15, 0.2) is 24.3 Å². The fourth-order valence-electron chi connectivity index (χ4n) is 4.00. The van der Waals surface area contributed by atoms with Gasteiger partial charge in [-0.05, 0) is 57.1 Å². The molecule has 0 saturated heterocycles. The van der Waals surface area contributed by atoms with E-state index in [4.69, 9.17) is 0 Å². The molecule has 1 aliphatic heterocycles. The number of para-hydroxylation sites is 1. The van der Waals surface area contributed by atoms with E-state index in [1.165, 1.54) is 43.5 Å². The van der Waals surface area contributed by atoms with Gasteiger partial charge in [-0.1, -0.05) is 31.0 Å². The van der Waals surface area contributed by atoms with Crippen molar-refractivity contribution >= 4 is 5.69 Å². The fraction of sp³-hybridized carbons (Fsp3) is 0.667. The van der Waals surface area contributed by atoms with Crippen molar-refractivity contribution in [2.45, 2.75) is 64.0 Å². The van der Waals surface area contributed by atoms with Crippen molar-refractivity contribution < 1.29 is 5.11 Å². The standard InChI is InChI=1S/C18H27NO/c1-18(2,20)12-16-11-15-9-5-6-10-17(15)19(16)13-14-7-3-4-8-14/h5-6,9-10,14,16,20H,3-4,7-8,11-13H2,1-2H3. The van der Waals surface area contributed by atoms with Crippen LogP contribution in [0.4, 0.5) is 5.69 Å². The first-order chi connectivity index (χ1) is 9.53. The van der Waals surface area contributed by atoms with Crippen LogP contribution in [0.2, 0.25) is 0 Å². The Morgan fingerprint density at radius 3 is 2.60 bits per heavy atom. The summed E-state index contributed by atoms with van der Waals surface area (Å²) in [6, 6.07) is 9.26. The Balaban J connectivity index is 1.79. The van der Waals surface area contributed by atoms with Gasteiger partial charge in [0, 0.05) is 18.3 Å². The maximum Gasteiger partial charge on any atom is 0.0611 e. The second-order valence-electron chi connectivity index (χ2n) is 7.31. The van der Waals surface area contributed by atoms with Crippen LogP contribution in [0.3, 0.4) is 0 Å². The number of benzene rings is 1. The molecule has 1 aromatic carbocycles. The Kier molecular flexibility index (Phi) is 3.76. The first kappa shape index (κ1) is 13.9. The zero-order chi connectivity index (χ0) is 14.2. The molecule has 1 fully saturated rings. The van der Waals surface area contributed by atoms with Gasteiger partial charge in [0.25, 0.3) is 0 Å². The van der Waals surface area contributed by atoms with Gasteiger partial charge < -0.3 is 10.0 Å². The SMILES string of the molecule is CC(C)(O)CC1Cc2ccccc2N1CC1CCCC1. The van der Waals surface area contributed by atoms with E-state index in [1.807, 2.05) is 13.8 Å². The lowest BCUT2D eigenvalue weighted by atomic mass is 9.96. The quantitative estimate of drug-likeness (QED) is 0.902. The van der Waals surface area contributed by atoms with Crippen molar-refractivity contribution in [3.05, 3.63) is 29.8 Å². The average Bonchev–Trinajstić information content (AvgIpc) is 2.97. The highest BCUT2D eigenvalue weighted by Gasteiger charge is 2.34. The summed E-state index contributed by atoms with van der Waals surface area (Å²) in [7, 11) is 0. The molecule has 0 amide bonds. The van der Waals surface area contributed by atoms with Gasteiger partial charge in [0.2, 0.25) is 0 Å². The van der Waals surface area contributed by atoms with E-state index in [0.29, 0.717) is 6.04 Å². The molecule has 2 aliphatic rings. The molecule has 20 heavy (non-hydrogen) atoms. The van der Waals surface area contributed by atoms with Crippen molar-refractivity contribution in [2.75, 3.05) is 11.4 Å². The molecule has 0 spiro atoms. The summed E-state index contributed by atoms with van der Waals surface area (Å²) in [6.07, 6.45) is 7.51. The summed E-state index contributed by atoms with van der Waals surface area (Å²) in [5, 5.41) is 10.2. The van der Waals surface area contributed by atoms with Crippen LogP contribution in [-0.4, -0.2) is 23.3 Å². The minimum atomic E-state index is -0.583. The van der Waals surface area contributed by atoms with Gasteiger partial charge in [-0.2, -0.15) is 0 Å². The number of aliphatic hydroxyl groups is 1. The Hall–Kier alpha value is -1.02. The van der Waals surface area contributed by atoms with Crippen LogP contribution in [-0.2, 0) is 6.42 Å². The number of nitrogens with zero attached hydrogens (tertiary/aromatic N) is 1. The second-order valence-corrected chi connectivity index (χ2v) is 7.31. The third-order valence-electron chi connectivity index (χ3n) is 4.86.